The van der Waals surface area contributed by atoms with Crippen molar-refractivity contribution in [3.05, 3.63) is 84.7 Å². The normalized spacial score (nSPS) is 12.2. The van der Waals surface area contributed by atoms with Crippen LogP contribution in [0.4, 0.5) is 0 Å². The quantitative estimate of drug-likeness (QED) is 0.521. The van der Waals surface area contributed by atoms with Gasteiger partial charge in [0.1, 0.15) is 17.8 Å². The summed E-state index contributed by atoms with van der Waals surface area (Å²) in [6.45, 7) is 0. The molecular weight excluding hydrogens is 312 g/mol. The topological polar surface area (TPSA) is 77.6 Å². The van der Waals surface area contributed by atoms with Crippen molar-refractivity contribution in [2.24, 2.45) is 0 Å². The lowest BCUT2D eigenvalue weighted by Gasteiger charge is -2.05. The maximum absolute atomic E-state index is 10.5. The Morgan fingerprint density at radius 1 is 0.760 bits per heavy atom. The molecule has 2 heterocycles. The first kappa shape index (κ1) is 15.4. The van der Waals surface area contributed by atoms with E-state index in [2.05, 4.69) is 19.9 Å². The molecule has 0 aliphatic heterocycles. The highest BCUT2D eigenvalue weighted by molar-refractivity contribution is 5.59. The molecule has 25 heavy (non-hydrogen) atoms. The van der Waals surface area contributed by atoms with Crippen LogP contribution in [0, 0.1) is 0 Å². The van der Waals surface area contributed by atoms with Gasteiger partial charge in [-0.15, -0.1) is 0 Å². The fraction of sp³-hybridized carbons (Fsp3) is 0.100. The molecule has 3 N–H and O–H groups in total. The van der Waals surface area contributed by atoms with E-state index in [1.54, 1.807) is 12.4 Å². The van der Waals surface area contributed by atoms with Crippen molar-refractivity contribution in [1.82, 2.24) is 19.9 Å². The molecule has 0 spiro atoms. The molecule has 5 nitrogen and oxygen atoms in total. The van der Waals surface area contributed by atoms with Crippen molar-refractivity contribution < 1.29 is 5.11 Å². The van der Waals surface area contributed by atoms with Gasteiger partial charge >= 0.3 is 0 Å². The van der Waals surface area contributed by atoms with Gasteiger partial charge in [0.15, 0.2) is 0 Å². The number of hydrogen-bond acceptors (Lipinski definition) is 3. The Labute approximate surface area is 145 Å². The summed E-state index contributed by atoms with van der Waals surface area (Å²) in [4.78, 5) is 15.1. The third-order valence-corrected chi connectivity index (χ3v) is 4.10. The molecule has 0 amide bonds. The number of nitrogens with zero attached hydrogens (tertiary/aromatic N) is 2. The first-order chi connectivity index (χ1) is 12.3. The zero-order valence-electron chi connectivity index (χ0n) is 13.6. The number of aromatic amines is 2. The van der Waals surface area contributed by atoms with Gasteiger partial charge in [0.05, 0.1) is 23.8 Å². The third-order valence-electron chi connectivity index (χ3n) is 4.10. The largest absolute Gasteiger partial charge is 0.385 e. The molecule has 2 aromatic heterocycles. The van der Waals surface area contributed by atoms with E-state index >= 15 is 0 Å². The fourth-order valence-corrected chi connectivity index (χ4v) is 2.78. The number of rotatable bonds is 5. The lowest BCUT2D eigenvalue weighted by atomic mass is 10.2. The van der Waals surface area contributed by atoms with Gasteiger partial charge in [0.2, 0.25) is 0 Å². The van der Waals surface area contributed by atoms with E-state index in [9.17, 15) is 5.11 Å². The van der Waals surface area contributed by atoms with Gasteiger partial charge in [0, 0.05) is 6.42 Å². The molecule has 0 fully saturated rings. The molecule has 0 aliphatic rings. The number of imidazole rings is 2. The van der Waals surface area contributed by atoms with Crippen LogP contribution in [0.15, 0.2) is 73.1 Å². The number of aliphatic hydroxyl groups is 1. The van der Waals surface area contributed by atoms with Gasteiger partial charge in [-0.2, -0.15) is 0 Å². The predicted molar refractivity (Wildman–Crippen MR) is 96.7 cm³/mol. The van der Waals surface area contributed by atoms with Gasteiger partial charge in [-0.3, -0.25) is 0 Å². The van der Waals surface area contributed by atoms with Crippen LogP contribution in [0.1, 0.15) is 17.8 Å². The zero-order valence-corrected chi connectivity index (χ0v) is 13.6. The summed E-state index contributed by atoms with van der Waals surface area (Å²) in [6, 6.07) is 19.9. The Balaban J connectivity index is 1.49. The van der Waals surface area contributed by atoms with Gasteiger partial charge in [0.25, 0.3) is 0 Å². The number of aromatic nitrogens is 4. The Bertz CT molecular complexity index is 944. The molecular formula is C20H18N4O. The minimum absolute atomic E-state index is 0.370. The molecule has 0 radical (unpaired) electrons. The van der Waals surface area contributed by atoms with Crippen LogP contribution >= 0.6 is 0 Å². The molecule has 0 aliphatic carbocycles. The zero-order chi connectivity index (χ0) is 17.1. The van der Waals surface area contributed by atoms with Crippen LogP contribution in [0.25, 0.3) is 22.5 Å². The second kappa shape index (κ2) is 6.75. The number of H-pyrrole nitrogens is 2. The third kappa shape index (κ3) is 3.36. The molecule has 4 rings (SSSR count). The van der Waals surface area contributed by atoms with E-state index in [1.807, 2.05) is 60.7 Å². The monoisotopic (exact) mass is 330 g/mol. The highest BCUT2D eigenvalue weighted by Gasteiger charge is 2.15. The Morgan fingerprint density at radius 3 is 1.96 bits per heavy atom. The highest BCUT2D eigenvalue weighted by atomic mass is 16.3. The van der Waals surface area contributed by atoms with Crippen molar-refractivity contribution in [2.75, 3.05) is 0 Å². The summed E-state index contributed by atoms with van der Waals surface area (Å²) in [7, 11) is 0. The molecule has 0 saturated heterocycles. The molecule has 0 bridgehead atoms. The van der Waals surface area contributed by atoms with Crippen molar-refractivity contribution in [3.8, 4) is 22.5 Å². The van der Waals surface area contributed by atoms with Crippen LogP contribution in [-0.2, 0) is 6.42 Å². The van der Waals surface area contributed by atoms with E-state index in [0.717, 1.165) is 28.3 Å². The predicted octanol–water partition coefficient (Wildman–Crippen LogP) is 3.74. The highest BCUT2D eigenvalue weighted by Crippen LogP contribution is 2.22. The SMILES string of the molecule is OC(Cc1ncc(-c2ccccc2)[nH]1)c1ncc(-c2ccccc2)[nH]1. The van der Waals surface area contributed by atoms with E-state index < -0.39 is 6.10 Å². The second-order valence-electron chi connectivity index (χ2n) is 5.88. The minimum atomic E-state index is -0.743. The standard InChI is InChI=1S/C20H18N4O/c25-18(20-22-13-17(24-20)15-9-5-2-6-10-15)11-19-21-12-16(23-19)14-7-3-1-4-8-14/h1-10,12-13,18,25H,11H2,(H,21,23)(H,22,24). The molecule has 4 aromatic rings. The molecule has 1 atom stereocenters. The van der Waals surface area contributed by atoms with E-state index in [1.165, 1.54) is 0 Å². The number of aliphatic hydroxyl groups excluding tert-OH is 1. The first-order valence-electron chi connectivity index (χ1n) is 8.17. The maximum Gasteiger partial charge on any atom is 0.135 e. The van der Waals surface area contributed by atoms with Crippen LogP contribution in [-0.4, -0.2) is 25.0 Å². The summed E-state index contributed by atoms with van der Waals surface area (Å²) < 4.78 is 0. The molecule has 1 unspecified atom stereocenters. The molecule has 5 heteroatoms. The average molecular weight is 330 g/mol. The molecule has 0 saturated carbocycles. The van der Waals surface area contributed by atoms with Crippen molar-refractivity contribution in [1.29, 1.82) is 0 Å². The van der Waals surface area contributed by atoms with E-state index in [0.29, 0.717) is 12.2 Å². The van der Waals surface area contributed by atoms with Crippen molar-refractivity contribution in [3.63, 3.8) is 0 Å². The smallest absolute Gasteiger partial charge is 0.135 e. The lowest BCUT2D eigenvalue weighted by molar-refractivity contribution is 0.167. The summed E-state index contributed by atoms with van der Waals surface area (Å²) in [5, 5.41) is 10.5. The minimum Gasteiger partial charge on any atom is -0.385 e. The lowest BCUT2D eigenvalue weighted by Crippen LogP contribution is -2.05. The van der Waals surface area contributed by atoms with Crippen LogP contribution < -0.4 is 0 Å². The second-order valence-corrected chi connectivity index (χ2v) is 5.88. The van der Waals surface area contributed by atoms with E-state index in [-0.39, 0.29) is 0 Å². The van der Waals surface area contributed by atoms with Crippen LogP contribution in [0.3, 0.4) is 0 Å². The summed E-state index contributed by atoms with van der Waals surface area (Å²) in [5.74, 6) is 1.26. The van der Waals surface area contributed by atoms with Crippen LogP contribution in [0.5, 0.6) is 0 Å². The molecule has 2 aromatic carbocycles. The maximum atomic E-state index is 10.5. The van der Waals surface area contributed by atoms with Gasteiger partial charge < -0.3 is 15.1 Å². The Kier molecular flexibility index (Phi) is 4.14. The average Bonchev–Trinajstić information content (AvgIpc) is 3.33. The van der Waals surface area contributed by atoms with Crippen molar-refractivity contribution in [2.45, 2.75) is 12.5 Å². The van der Waals surface area contributed by atoms with Crippen molar-refractivity contribution >= 4 is 0 Å². The van der Waals surface area contributed by atoms with Gasteiger partial charge in [-0.05, 0) is 11.1 Å². The van der Waals surface area contributed by atoms with Gasteiger partial charge in [-0.1, -0.05) is 60.7 Å². The fourth-order valence-electron chi connectivity index (χ4n) is 2.78. The summed E-state index contributed by atoms with van der Waals surface area (Å²) in [6.07, 6.45) is 3.15. The number of benzene rings is 2. The Morgan fingerprint density at radius 2 is 1.32 bits per heavy atom. The number of hydrogen-bond donors (Lipinski definition) is 3. The Hall–Kier alpha value is -3.18. The first-order valence-corrected chi connectivity index (χ1v) is 8.17. The van der Waals surface area contributed by atoms with E-state index in [4.69, 9.17) is 0 Å². The summed E-state index contributed by atoms with van der Waals surface area (Å²) in [5.41, 5.74) is 3.93. The van der Waals surface area contributed by atoms with Gasteiger partial charge in [-0.25, -0.2) is 9.97 Å². The summed E-state index contributed by atoms with van der Waals surface area (Å²) >= 11 is 0. The van der Waals surface area contributed by atoms with Crippen LogP contribution in [0.2, 0.25) is 0 Å². The number of nitrogens with one attached hydrogen (secondary N) is 2. The molecule has 124 valence electrons.